The molecule has 3 heteroatoms. The first-order valence-electron chi connectivity index (χ1n) is 4.48. The molecule has 0 saturated heterocycles. The molecule has 4 unspecified atom stereocenters. The second kappa shape index (κ2) is 1.59. The molecule has 4 fully saturated rings. The third-order valence-corrected chi connectivity index (χ3v) is 4.25. The summed E-state index contributed by atoms with van der Waals surface area (Å²) in [4.78, 5) is 10.7. The van der Waals surface area contributed by atoms with E-state index >= 15 is 0 Å². The van der Waals surface area contributed by atoms with Crippen LogP contribution in [-0.4, -0.2) is 12.2 Å². The predicted octanol–water partition coefficient (Wildman–Crippen LogP) is 1.87. The number of hydrogen-bond donors (Lipinski definition) is 0. The molecule has 0 N–H and O–H groups in total. The van der Waals surface area contributed by atoms with E-state index in [1.54, 1.807) is 0 Å². The van der Waals surface area contributed by atoms with Crippen molar-refractivity contribution in [2.24, 2.45) is 23.2 Å². The van der Waals surface area contributed by atoms with E-state index in [0.29, 0.717) is 19.1 Å². The first-order valence-corrected chi connectivity index (χ1v) is 4.48. The maximum atomic E-state index is 13.5. The smallest absolute Gasteiger partial charge is 0.263 e. The van der Waals surface area contributed by atoms with Crippen LogP contribution in [0.25, 0.3) is 0 Å². The second-order valence-electron chi connectivity index (χ2n) is 4.40. The molecule has 0 aromatic carbocycles. The summed E-state index contributed by atoms with van der Waals surface area (Å²) >= 11 is 0. The molecule has 0 radical (unpaired) electrons. The predicted molar refractivity (Wildman–Crippen MR) is 37.8 cm³/mol. The minimum atomic E-state index is -2.68. The number of aldehydes is 1. The van der Waals surface area contributed by atoms with E-state index in [2.05, 4.69) is 0 Å². The van der Waals surface area contributed by atoms with E-state index in [9.17, 15) is 13.6 Å². The van der Waals surface area contributed by atoms with Crippen LogP contribution in [0.3, 0.4) is 0 Å². The SMILES string of the molecule is O=CC12C3CCC(CC31)C2(F)F. The zero-order valence-electron chi connectivity index (χ0n) is 6.59. The lowest BCUT2D eigenvalue weighted by molar-refractivity contribution is -0.146. The Morgan fingerprint density at radius 2 is 2.00 bits per heavy atom. The number of fused-ring (bicyclic) bond motifs is 1. The topological polar surface area (TPSA) is 17.1 Å². The highest BCUT2D eigenvalue weighted by Gasteiger charge is 2.85. The lowest BCUT2D eigenvalue weighted by atomic mass is 9.78. The van der Waals surface area contributed by atoms with Crippen LogP contribution in [0.1, 0.15) is 19.3 Å². The highest BCUT2D eigenvalue weighted by molar-refractivity contribution is 5.70. The maximum absolute atomic E-state index is 13.5. The average molecular weight is 172 g/mol. The van der Waals surface area contributed by atoms with Gasteiger partial charge in [-0.25, -0.2) is 8.78 Å². The Morgan fingerprint density at radius 1 is 1.25 bits per heavy atom. The Labute approximate surface area is 69.1 Å². The molecule has 0 aliphatic heterocycles. The molecular formula is C9H10F2O. The number of hydrogen-bond acceptors (Lipinski definition) is 1. The molecule has 0 aromatic heterocycles. The van der Waals surface area contributed by atoms with E-state index in [-0.39, 0.29) is 11.8 Å². The lowest BCUT2D eigenvalue weighted by Gasteiger charge is -2.32. The summed E-state index contributed by atoms with van der Waals surface area (Å²) in [6.45, 7) is 0. The van der Waals surface area contributed by atoms with E-state index in [0.717, 1.165) is 6.42 Å². The van der Waals surface area contributed by atoms with E-state index in [1.165, 1.54) is 0 Å². The molecule has 0 heterocycles. The van der Waals surface area contributed by atoms with E-state index in [1.807, 2.05) is 0 Å². The fourth-order valence-corrected chi connectivity index (χ4v) is 3.60. The van der Waals surface area contributed by atoms with Crippen molar-refractivity contribution in [3.05, 3.63) is 0 Å². The zero-order chi connectivity index (χ0) is 8.56. The molecule has 0 spiro atoms. The number of halogens is 2. The fourth-order valence-electron chi connectivity index (χ4n) is 3.60. The van der Waals surface area contributed by atoms with Crippen molar-refractivity contribution >= 4 is 6.29 Å². The van der Waals surface area contributed by atoms with Gasteiger partial charge in [-0.05, 0) is 31.1 Å². The van der Waals surface area contributed by atoms with Gasteiger partial charge in [0.05, 0.1) is 5.41 Å². The van der Waals surface area contributed by atoms with Gasteiger partial charge in [0, 0.05) is 5.92 Å². The van der Waals surface area contributed by atoms with Gasteiger partial charge < -0.3 is 4.79 Å². The molecule has 4 aliphatic rings. The van der Waals surface area contributed by atoms with Gasteiger partial charge in [-0.1, -0.05) is 0 Å². The summed E-state index contributed by atoms with van der Waals surface area (Å²) < 4.78 is 27.0. The lowest BCUT2D eigenvalue weighted by Crippen LogP contribution is -2.40. The first kappa shape index (κ1) is 6.98. The molecule has 1 nitrogen and oxygen atoms in total. The zero-order valence-corrected chi connectivity index (χ0v) is 6.59. The van der Waals surface area contributed by atoms with Crippen LogP contribution < -0.4 is 0 Å². The quantitative estimate of drug-likeness (QED) is 0.552. The Morgan fingerprint density at radius 3 is 2.33 bits per heavy atom. The Balaban J connectivity index is 2.11. The standard InChI is InChI=1S/C9H10F2O/c10-9(11)5-1-2-6-7(3-5)8(6,9)4-12/h4-7H,1-3H2. The third kappa shape index (κ3) is 0.422. The molecule has 4 bridgehead atoms. The van der Waals surface area contributed by atoms with Crippen molar-refractivity contribution in [2.75, 3.05) is 0 Å². The number of carbonyl (C=O) groups is 1. The minimum Gasteiger partial charge on any atom is -0.303 e. The van der Waals surface area contributed by atoms with Crippen molar-refractivity contribution < 1.29 is 13.6 Å². The summed E-state index contributed by atoms with van der Waals surface area (Å²) in [5, 5.41) is 0. The van der Waals surface area contributed by atoms with E-state index < -0.39 is 17.3 Å². The van der Waals surface area contributed by atoms with Crippen LogP contribution in [0.5, 0.6) is 0 Å². The van der Waals surface area contributed by atoms with Gasteiger partial charge in [0.2, 0.25) is 0 Å². The first-order chi connectivity index (χ1) is 5.64. The molecule has 0 amide bonds. The maximum Gasteiger partial charge on any atom is 0.263 e. The van der Waals surface area contributed by atoms with Crippen molar-refractivity contribution in [3.8, 4) is 0 Å². The Kier molecular flexibility index (Phi) is 0.925. The molecular weight excluding hydrogens is 162 g/mol. The van der Waals surface area contributed by atoms with Crippen molar-refractivity contribution in [3.63, 3.8) is 0 Å². The number of rotatable bonds is 1. The Bertz CT molecular complexity index is 257. The largest absolute Gasteiger partial charge is 0.303 e. The summed E-state index contributed by atoms with van der Waals surface area (Å²) in [5.41, 5.74) is -1.20. The minimum absolute atomic E-state index is 0.0231. The molecule has 0 aromatic rings. The van der Waals surface area contributed by atoms with Crippen LogP contribution in [-0.2, 0) is 4.79 Å². The molecule has 12 heavy (non-hydrogen) atoms. The monoisotopic (exact) mass is 172 g/mol. The number of carbonyl (C=O) groups excluding carboxylic acids is 1. The summed E-state index contributed by atoms with van der Waals surface area (Å²) in [5.74, 6) is -3.11. The molecule has 4 aliphatic carbocycles. The van der Waals surface area contributed by atoms with Crippen LogP contribution in [0.4, 0.5) is 8.78 Å². The second-order valence-corrected chi connectivity index (χ2v) is 4.40. The highest BCUT2D eigenvalue weighted by atomic mass is 19.3. The number of alkyl halides is 2. The molecule has 4 rings (SSSR count). The van der Waals surface area contributed by atoms with Gasteiger partial charge >= 0.3 is 0 Å². The summed E-state index contributed by atoms with van der Waals surface area (Å²) in [7, 11) is 0. The van der Waals surface area contributed by atoms with Gasteiger partial charge in [-0.15, -0.1) is 0 Å². The van der Waals surface area contributed by atoms with Crippen LogP contribution >= 0.6 is 0 Å². The van der Waals surface area contributed by atoms with Gasteiger partial charge in [0.25, 0.3) is 5.92 Å². The summed E-state index contributed by atoms with van der Waals surface area (Å²) in [6, 6.07) is 0. The summed E-state index contributed by atoms with van der Waals surface area (Å²) in [6.07, 6.45) is 2.62. The van der Waals surface area contributed by atoms with Gasteiger partial charge in [0.15, 0.2) is 0 Å². The van der Waals surface area contributed by atoms with Crippen LogP contribution in [0, 0.1) is 23.2 Å². The van der Waals surface area contributed by atoms with Gasteiger partial charge in [-0.2, -0.15) is 0 Å². The van der Waals surface area contributed by atoms with Gasteiger partial charge in [-0.3, -0.25) is 0 Å². The molecule has 66 valence electrons. The highest BCUT2D eigenvalue weighted by Crippen LogP contribution is 2.80. The van der Waals surface area contributed by atoms with Crippen molar-refractivity contribution in [1.82, 2.24) is 0 Å². The van der Waals surface area contributed by atoms with Crippen LogP contribution in [0.15, 0.2) is 0 Å². The van der Waals surface area contributed by atoms with Crippen molar-refractivity contribution in [1.29, 1.82) is 0 Å². The normalized spacial score (nSPS) is 58.3. The van der Waals surface area contributed by atoms with Gasteiger partial charge in [0.1, 0.15) is 6.29 Å². The fraction of sp³-hybridized carbons (Fsp3) is 0.889. The molecule has 4 atom stereocenters. The van der Waals surface area contributed by atoms with Crippen LogP contribution in [0.2, 0.25) is 0 Å². The average Bonchev–Trinajstić information content (AvgIpc) is 2.67. The molecule has 4 saturated carbocycles. The van der Waals surface area contributed by atoms with E-state index in [4.69, 9.17) is 0 Å². The van der Waals surface area contributed by atoms with Crippen molar-refractivity contribution in [2.45, 2.75) is 25.2 Å². The Hall–Kier alpha value is -0.470. The third-order valence-electron chi connectivity index (χ3n) is 4.25.